The molecule has 1 aromatic rings. The van der Waals surface area contributed by atoms with Crippen molar-refractivity contribution in [2.75, 3.05) is 33.0 Å². The number of ether oxygens (including phenoxy) is 1. The van der Waals surface area contributed by atoms with E-state index in [1.54, 1.807) is 11.8 Å². The molecule has 94 valence electrons. The number of methoxy groups -OCH3 is 1. The number of nitrogens with one attached hydrogen (secondary N) is 1. The molecule has 1 aliphatic heterocycles. The van der Waals surface area contributed by atoms with Crippen molar-refractivity contribution in [1.29, 1.82) is 0 Å². The maximum atomic E-state index is 11.2. The largest absolute Gasteiger partial charge is 0.464 e. The molecule has 0 saturated carbocycles. The highest BCUT2D eigenvalue weighted by molar-refractivity contribution is 7.99. The SMILES string of the molecule is COC(=O)c1cnc(SC[C@@H]2CCN(C)C2)[nH]1. The van der Waals surface area contributed by atoms with Crippen molar-refractivity contribution in [3.05, 3.63) is 11.9 Å². The summed E-state index contributed by atoms with van der Waals surface area (Å²) in [7, 11) is 3.51. The number of aromatic nitrogens is 2. The number of likely N-dealkylation sites (tertiary alicyclic amines) is 1. The number of imidazole rings is 1. The van der Waals surface area contributed by atoms with Gasteiger partial charge in [0.2, 0.25) is 0 Å². The van der Waals surface area contributed by atoms with E-state index in [-0.39, 0.29) is 5.97 Å². The van der Waals surface area contributed by atoms with Gasteiger partial charge in [0.25, 0.3) is 0 Å². The van der Waals surface area contributed by atoms with Crippen LogP contribution in [0, 0.1) is 5.92 Å². The number of carbonyl (C=O) groups is 1. The Kier molecular flexibility index (Phi) is 4.06. The van der Waals surface area contributed by atoms with E-state index in [2.05, 4.69) is 26.7 Å². The van der Waals surface area contributed by atoms with Crippen LogP contribution in [0.15, 0.2) is 11.4 Å². The van der Waals surface area contributed by atoms with Gasteiger partial charge in [0.1, 0.15) is 5.69 Å². The maximum Gasteiger partial charge on any atom is 0.356 e. The van der Waals surface area contributed by atoms with Gasteiger partial charge in [0.15, 0.2) is 5.16 Å². The Morgan fingerprint density at radius 3 is 3.24 bits per heavy atom. The van der Waals surface area contributed by atoms with Gasteiger partial charge < -0.3 is 14.6 Å². The number of thioether (sulfide) groups is 1. The highest BCUT2D eigenvalue weighted by Gasteiger charge is 2.20. The molecule has 17 heavy (non-hydrogen) atoms. The van der Waals surface area contributed by atoms with E-state index >= 15 is 0 Å². The van der Waals surface area contributed by atoms with Gasteiger partial charge in [0, 0.05) is 12.3 Å². The third kappa shape index (κ3) is 3.23. The molecule has 0 aromatic carbocycles. The quantitative estimate of drug-likeness (QED) is 0.648. The van der Waals surface area contributed by atoms with E-state index in [1.165, 1.54) is 26.3 Å². The van der Waals surface area contributed by atoms with Crippen LogP contribution in [0.3, 0.4) is 0 Å². The number of H-pyrrole nitrogens is 1. The molecular weight excluding hydrogens is 238 g/mol. The van der Waals surface area contributed by atoms with Crippen molar-refractivity contribution in [1.82, 2.24) is 14.9 Å². The minimum absolute atomic E-state index is 0.370. The molecule has 0 bridgehead atoms. The Morgan fingerprint density at radius 1 is 1.76 bits per heavy atom. The van der Waals surface area contributed by atoms with Crippen molar-refractivity contribution >= 4 is 17.7 Å². The lowest BCUT2D eigenvalue weighted by Gasteiger charge is -2.08. The number of carbonyl (C=O) groups excluding carboxylic acids is 1. The zero-order valence-corrected chi connectivity index (χ0v) is 10.9. The van der Waals surface area contributed by atoms with Crippen LogP contribution in [0.2, 0.25) is 0 Å². The van der Waals surface area contributed by atoms with Gasteiger partial charge in [-0.2, -0.15) is 0 Å². The number of hydrogen-bond acceptors (Lipinski definition) is 5. The summed E-state index contributed by atoms with van der Waals surface area (Å²) in [5.41, 5.74) is 0.415. The van der Waals surface area contributed by atoms with Crippen LogP contribution in [0.5, 0.6) is 0 Å². The molecule has 1 aliphatic rings. The van der Waals surface area contributed by atoms with Crippen LogP contribution in [0.4, 0.5) is 0 Å². The highest BCUT2D eigenvalue weighted by atomic mass is 32.2. The van der Waals surface area contributed by atoms with E-state index in [1.807, 2.05) is 0 Å². The zero-order valence-electron chi connectivity index (χ0n) is 10.1. The molecule has 1 aromatic heterocycles. The van der Waals surface area contributed by atoms with Gasteiger partial charge in [-0.3, -0.25) is 0 Å². The molecule has 1 fully saturated rings. The molecule has 0 aliphatic carbocycles. The molecule has 1 N–H and O–H groups in total. The molecule has 0 unspecified atom stereocenters. The standard InChI is InChI=1S/C11H17N3O2S/c1-14-4-3-8(6-14)7-17-11-12-5-9(13-11)10(15)16-2/h5,8H,3-4,6-7H2,1-2H3,(H,12,13)/t8-/m1/s1. The van der Waals surface area contributed by atoms with E-state index in [9.17, 15) is 4.79 Å². The van der Waals surface area contributed by atoms with Gasteiger partial charge in [-0.25, -0.2) is 9.78 Å². The van der Waals surface area contributed by atoms with Crippen LogP contribution in [-0.4, -0.2) is 53.8 Å². The summed E-state index contributed by atoms with van der Waals surface area (Å²) in [4.78, 5) is 20.7. The lowest BCUT2D eigenvalue weighted by Crippen LogP contribution is -2.14. The second-order valence-corrected chi connectivity index (χ2v) is 5.33. The molecule has 0 radical (unpaired) electrons. The normalized spacial score (nSPS) is 20.7. The number of aromatic amines is 1. The van der Waals surface area contributed by atoms with Crippen LogP contribution in [-0.2, 0) is 4.74 Å². The summed E-state index contributed by atoms with van der Waals surface area (Å²) in [5, 5.41) is 0.792. The first-order chi connectivity index (χ1) is 8.19. The first kappa shape index (κ1) is 12.4. The van der Waals surface area contributed by atoms with Gasteiger partial charge >= 0.3 is 5.97 Å². The Morgan fingerprint density at radius 2 is 2.59 bits per heavy atom. The number of hydrogen-bond donors (Lipinski definition) is 1. The van der Waals surface area contributed by atoms with Crippen molar-refractivity contribution < 1.29 is 9.53 Å². The van der Waals surface area contributed by atoms with E-state index in [0.29, 0.717) is 5.69 Å². The molecule has 5 nitrogen and oxygen atoms in total. The Bertz CT molecular complexity index is 394. The Hall–Kier alpha value is -1.01. The molecule has 2 heterocycles. The summed E-state index contributed by atoms with van der Waals surface area (Å²) in [6, 6.07) is 0. The van der Waals surface area contributed by atoms with Crippen molar-refractivity contribution in [3.8, 4) is 0 Å². The fourth-order valence-corrected chi connectivity index (χ4v) is 2.92. The van der Waals surface area contributed by atoms with Gasteiger partial charge in [-0.15, -0.1) is 0 Å². The van der Waals surface area contributed by atoms with Gasteiger partial charge in [0.05, 0.1) is 13.3 Å². The minimum Gasteiger partial charge on any atom is -0.464 e. The van der Waals surface area contributed by atoms with Crippen LogP contribution in [0.25, 0.3) is 0 Å². The van der Waals surface area contributed by atoms with Gasteiger partial charge in [-0.05, 0) is 25.9 Å². The van der Waals surface area contributed by atoms with Crippen LogP contribution < -0.4 is 0 Å². The molecular formula is C11H17N3O2S. The summed E-state index contributed by atoms with van der Waals surface area (Å²) in [6.07, 6.45) is 2.77. The molecule has 0 amide bonds. The van der Waals surface area contributed by atoms with Crippen LogP contribution >= 0.6 is 11.8 Å². The van der Waals surface area contributed by atoms with Crippen molar-refractivity contribution in [2.24, 2.45) is 5.92 Å². The molecule has 6 heteroatoms. The lowest BCUT2D eigenvalue weighted by atomic mass is 10.2. The molecule has 1 saturated heterocycles. The lowest BCUT2D eigenvalue weighted by molar-refractivity contribution is 0.0594. The first-order valence-corrected chi connectivity index (χ1v) is 6.62. The monoisotopic (exact) mass is 255 g/mol. The zero-order chi connectivity index (χ0) is 12.3. The second-order valence-electron chi connectivity index (χ2n) is 4.32. The average molecular weight is 255 g/mol. The maximum absolute atomic E-state index is 11.2. The first-order valence-electron chi connectivity index (χ1n) is 5.63. The van der Waals surface area contributed by atoms with E-state index in [4.69, 9.17) is 0 Å². The topological polar surface area (TPSA) is 58.2 Å². The summed E-state index contributed by atoms with van der Waals surface area (Å²) in [5.74, 6) is 1.39. The summed E-state index contributed by atoms with van der Waals surface area (Å²) in [6.45, 7) is 2.33. The fourth-order valence-electron chi connectivity index (χ4n) is 1.95. The highest BCUT2D eigenvalue weighted by Crippen LogP contribution is 2.23. The van der Waals surface area contributed by atoms with Crippen molar-refractivity contribution in [2.45, 2.75) is 11.6 Å². The number of esters is 1. The fraction of sp³-hybridized carbons (Fsp3) is 0.636. The molecule has 0 spiro atoms. The molecule has 1 atom stereocenters. The predicted molar refractivity (Wildman–Crippen MR) is 66.3 cm³/mol. The average Bonchev–Trinajstić information content (AvgIpc) is 2.94. The second kappa shape index (κ2) is 5.55. The third-order valence-corrected chi connectivity index (χ3v) is 4.02. The predicted octanol–water partition coefficient (Wildman–Crippen LogP) is 1.24. The third-order valence-electron chi connectivity index (χ3n) is 2.90. The number of nitrogens with zero attached hydrogens (tertiary/aromatic N) is 2. The van der Waals surface area contributed by atoms with Gasteiger partial charge in [-0.1, -0.05) is 11.8 Å². The van der Waals surface area contributed by atoms with E-state index in [0.717, 1.165) is 23.4 Å². The van der Waals surface area contributed by atoms with E-state index < -0.39 is 0 Å². The number of rotatable bonds is 4. The summed E-state index contributed by atoms with van der Waals surface area (Å²) >= 11 is 1.67. The Balaban J connectivity index is 1.83. The summed E-state index contributed by atoms with van der Waals surface area (Å²) < 4.78 is 4.62. The Labute approximate surface area is 105 Å². The van der Waals surface area contributed by atoms with Crippen molar-refractivity contribution in [3.63, 3.8) is 0 Å². The molecule has 2 rings (SSSR count). The minimum atomic E-state index is -0.370. The smallest absolute Gasteiger partial charge is 0.356 e. The van der Waals surface area contributed by atoms with Crippen LogP contribution in [0.1, 0.15) is 16.9 Å².